The van der Waals surface area contributed by atoms with Gasteiger partial charge in [-0.25, -0.2) is 19.9 Å². The fourth-order valence-corrected chi connectivity index (χ4v) is 3.97. The lowest BCUT2D eigenvalue weighted by Gasteiger charge is -2.28. The molecule has 9 heteroatoms. The van der Waals surface area contributed by atoms with Crippen LogP contribution in [-0.2, 0) is 0 Å². The first-order valence-electron chi connectivity index (χ1n) is 11.2. The lowest BCUT2D eigenvalue weighted by atomic mass is 10.1. The van der Waals surface area contributed by atoms with Gasteiger partial charge >= 0.3 is 0 Å². The van der Waals surface area contributed by atoms with E-state index < -0.39 is 0 Å². The van der Waals surface area contributed by atoms with Crippen LogP contribution in [0.4, 0.5) is 17.5 Å². The first-order valence-corrected chi connectivity index (χ1v) is 11.2. The van der Waals surface area contributed by atoms with E-state index in [0.717, 1.165) is 52.5 Å². The molecule has 3 N–H and O–H groups in total. The van der Waals surface area contributed by atoms with Gasteiger partial charge in [-0.1, -0.05) is 18.2 Å². The number of nitrogens with one attached hydrogen (secondary N) is 1. The van der Waals surface area contributed by atoms with Crippen LogP contribution in [0.15, 0.2) is 54.7 Å². The van der Waals surface area contributed by atoms with Crippen molar-refractivity contribution < 1.29 is 4.74 Å². The van der Waals surface area contributed by atoms with Gasteiger partial charge in [0.05, 0.1) is 23.4 Å². The number of rotatable bonds is 6. The van der Waals surface area contributed by atoms with Crippen LogP contribution in [0.3, 0.4) is 0 Å². The Kier molecular flexibility index (Phi) is 5.85. The van der Waals surface area contributed by atoms with Gasteiger partial charge in [0.15, 0.2) is 11.9 Å². The molecule has 2 aromatic carbocycles. The molecule has 1 aliphatic rings. The number of fused-ring (bicyclic) bond motifs is 2. The topological polar surface area (TPSA) is 105 Å². The van der Waals surface area contributed by atoms with Crippen LogP contribution in [0.2, 0.25) is 0 Å². The van der Waals surface area contributed by atoms with E-state index in [1.54, 1.807) is 6.20 Å². The summed E-state index contributed by atoms with van der Waals surface area (Å²) in [6, 6.07) is 15.8. The minimum absolute atomic E-state index is 0.245. The maximum atomic E-state index is 6.26. The summed E-state index contributed by atoms with van der Waals surface area (Å²) >= 11 is 0. The fourth-order valence-electron chi connectivity index (χ4n) is 3.97. The number of likely N-dealkylation sites (N-methyl/N-ethyl adjacent to an activating group) is 2. The Balaban J connectivity index is 1.57. The van der Waals surface area contributed by atoms with Gasteiger partial charge in [-0.15, -0.1) is 0 Å². The molecule has 0 aliphatic carbocycles. The molecular formula is C25H28N8O. The Morgan fingerprint density at radius 1 is 1.03 bits per heavy atom. The standard InChI is InChI=1S/C25H28N8O/c1-32(2)12-13-33(3)24-17-14-16(18-10-11-27-25(26)30-18)8-9-19(17)29-23(31-24)22-15-28-20-6-4-5-7-21(20)34-22/h4-11,14,22,28H,12-13,15H2,1-3H3,(H2,26,27,30). The van der Waals surface area contributed by atoms with Crippen molar-refractivity contribution in [3.63, 3.8) is 0 Å². The van der Waals surface area contributed by atoms with E-state index in [9.17, 15) is 0 Å². The second-order valence-electron chi connectivity index (χ2n) is 8.65. The monoisotopic (exact) mass is 456 g/mol. The lowest BCUT2D eigenvalue weighted by Crippen LogP contribution is -2.30. The van der Waals surface area contributed by atoms with Crippen LogP contribution in [0.5, 0.6) is 5.75 Å². The molecule has 4 aromatic rings. The van der Waals surface area contributed by atoms with Crippen molar-refractivity contribution in [1.82, 2.24) is 24.8 Å². The molecule has 2 aromatic heterocycles. The van der Waals surface area contributed by atoms with E-state index >= 15 is 0 Å². The zero-order chi connectivity index (χ0) is 23.7. The third kappa shape index (κ3) is 4.42. The van der Waals surface area contributed by atoms with Gasteiger partial charge in [-0.3, -0.25) is 0 Å². The van der Waals surface area contributed by atoms with E-state index in [1.165, 1.54) is 0 Å². The lowest BCUT2D eigenvalue weighted by molar-refractivity contribution is 0.201. The van der Waals surface area contributed by atoms with Gasteiger partial charge in [-0.05, 0) is 44.4 Å². The van der Waals surface area contributed by atoms with Crippen LogP contribution in [0, 0.1) is 0 Å². The Bertz CT molecular complexity index is 1330. The van der Waals surface area contributed by atoms with Crippen molar-refractivity contribution in [3.8, 4) is 17.0 Å². The molecule has 0 saturated heterocycles. The van der Waals surface area contributed by atoms with Gasteiger partial charge in [0.1, 0.15) is 11.6 Å². The highest BCUT2D eigenvalue weighted by Crippen LogP contribution is 2.35. The number of hydrogen-bond acceptors (Lipinski definition) is 9. The summed E-state index contributed by atoms with van der Waals surface area (Å²) < 4.78 is 6.26. The summed E-state index contributed by atoms with van der Waals surface area (Å²) in [5, 5.41) is 4.38. The quantitative estimate of drug-likeness (QED) is 0.452. The van der Waals surface area contributed by atoms with Gasteiger partial charge in [-0.2, -0.15) is 0 Å². The van der Waals surface area contributed by atoms with Crippen molar-refractivity contribution in [2.24, 2.45) is 0 Å². The number of nitrogens with zero attached hydrogens (tertiary/aromatic N) is 6. The zero-order valence-corrected chi connectivity index (χ0v) is 19.6. The maximum absolute atomic E-state index is 6.26. The minimum atomic E-state index is -0.290. The van der Waals surface area contributed by atoms with Gasteiger partial charge in [0.2, 0.25) is 5.95 Å². The number of ether oxygens (including phenoxy) is 1. The molecule has 0 radical (unpaired) electrons. The van der Waals surface area contributed by atoms with Gasteiger partial charge in [0, 0.05) is 37.3 Å². The Morgan fingerprint density at radius 2 is 1.88 bits per heavy atom. The SMILES string of the molecule is CN(C)CCN(C)c1nc(C2CNc3ccccc3O2)nc2ccc(-c3ccnc(N)n3)cc12. The largest absolute Gasteiger partial charge is 0.478 e. The van der Waals surface area contributed by atoms with Crippen molar-refractivity contribution in [1.29, 1.82) is 0 Å². The van der Waals surface area contributed by atoms with Crippen LogP contribution < -0.4 is 20.7 Å². The fraction of sp³-hybridized carbons (Fsp3) is 0.280. The highest BCUT2D eigenvalue weighted by molar-refractivity contribution is 5.92. The van der Waals surface area contributed by atoms with Crippen LogP contribution in [-0.4, -0.2) is 65.6 Å². The van der Waals surface area contributed by atoms with Crippen molar-refractivity contribution in [2.75, 3.05) is 56.7 Å². The van der Waals surface area contributed by atoms with E-state index in [0.29, 0.717) is 12.4 Å². The predicted octanol–water partition coefficient (Wildman–Crippen LogP) is 3.21. The molecular weight excluding hydrogens is 428 g/mol. The highest BCUT2D eigenvalue weighted by Gasteiger charge is 2.25. The van der Waals surface area contributed by atoms with E-state index in [1.807, 2.05) is 42.5 Å². The molecule has 9 nitrogen and oxygen atoms in total. The molecule has 0 saturated carbocycles. The molecule has 0 bridgehead atoms. The second-order valence-corrected chi connectivity index (χ2v) is 8.65. The average molecular weight is 457 g/mol. The first-order chi connectivity index (χ1) is 16.5. The van der Waals surface area contributed by atoms with E-state index in [-0.39, 0.29) is 12.1 Å². The number of nitrogen functional groups attached to an aromatic ring is 1. The van der Waals surface area contributed by atoms with Crippen LogP contribution >= 0.6 is 0 Å². The number of aromatic nitrogens is 4. The Morgan fingerprint density at radius 3 is 2.71 bits per heavy atom. The molecule has 5 rings (SSSR count). The maximum Gasteiger partial charge on any atom is 0.220 e. The summed E-state index contributed by atoms with van der Waals surface area (Å²) in [6.07, 6.45) is 1.37. The molecule has 34 heavy (non-hydrogen) atoms. The molecule has 0 spiro atoms. The molecule has 1 unspecified atom stereocenters. The van der Waals surface area contributed by atoms with Crippen molar-refractivity contribution in [3.05, 3.63) is 60.6 Å². The van der Waals surface area contributed by atoms with E-state index in [2.05, 4.69) is 52.3 Å². The number of para-hydroxylation sites is 2. The molecule has 174 valence electrons. The molecule has 0 fully saturated rings. The molecule has 0 amide bonds. The highest BCUT2D eigenvalue weighted by atomic mass is 16.5. The van der Waals surface area contributed by atoms with Crippen LogP contribution in [0.25, 0.3) is 22.2 Å². The molecule has 3 heterocycles. The summed E-state index contributed by atoms with van der Waals surface area (Å²) in [7, 11) is 6.18. The molecule has 1 atom stereocenters. The Hall–Kier alpha value is -3.98. The number of anilines is 3. The number of hydrogen-bond donors (Lipinski definition) is 2. The summed E-state index contributed by atoms with van der Waals surface area (Å²) in [5.41, 5.74) is 9.34. The first kappa shape index (κ1) is 21.8. The second kappa shape index (κ2) is 9.11. The molecule has 1 aliphatic heterocycles. The normalized spacial score (nSPS) is 15.0. The van der Waals surface area contributed by atoms with Crippen molar-refractivity contribution in [2.45, 2.75) is 6.10 Å². The van der Waals surface area contributed by atoms with E-state index in [4.69, 9.17) is 20.4 Å². The Labute approximate surface area is 198 Å². The number of nitrogens with two attached hydrogens (primary N) is 1. The summed E-state index contributed by atoms with van der Waals surface area (Å²) in [6.45, 7) is 2.31. The minimum Gasteiger partial charge on any atom is -0.478 e. The predicted molar refractivity (Wildman–Crippen MR) is 135 cm³/mol. The third-order valence-corrected chi connectivity index (χ3v) is 5.83. The summed E-state index contributed by atoms with van der Waals surface area (Å²) in [4.78, 5) is 22.6. The third-order valence-electron chi connectivity index (χ3n) is 5.83. The van der Waals surface area contributed by atoms with Gasteiger partial charge < -0.3 is 25.6 Å². The van der Waals surface area contributed by atoms with Crippen LogP contribution in [0.1, 0.15) is 11.9 Å². The summed E-state index contributed by atoms with van der Waals surface area (Å²) in [5.74, 6) is 2.56. The smallest absolute Gasteiger partial charge is 0.220 e. The van der Waals surface area contributed by atoms with Crippen molar-refractivity contribution >= 4 is 28.4 Å². The van der Waals surface area contributed by atoms with Gasteiger partial charge in [0.25, 0.3) is 0 Å². The average Bonchev–Trinajstić information content (AvgIpc) is 2.86. The zero-order valence-electron chi connectivity index (χ0n) is 19.6. The number of benzene rings is 2.